The van der Waals surface area contributed by atoms with Crippen molar-refractivity contribution >= 4 is 23.2 Å². The van der Waals surface area contributed by atoms with Crippen LogP contribution in [-0.4, -0.2) is 35.9 Å². The van der Waals surface area contributed by atoms with Crippen LogP contribution in [0, 0.1) is 20.2 Å². The molecule has 2 amide bonds. The van der Waals surface area contributed by atoms with E-state index >= 15 is 0 Å². The van der Waals surface area contributed by atoms with E-state index in [1.165, 1.54) is 0 Å². The maximum atomic E-state index is 11.5. The summed E-state index contributed by atoms with van der Waals surface area (Å²) in [5.41, 5.74) is 7.74. The van der Waals surface area contributed by atoms with E-state index < -0.39 is 56.0 Å². The Labute approximate surface area is 128 Å². The zero-order chi connectivity index (χ0) is 17.9. The molecule has 23 heavy (non-hydrogen) atoms. The van der Waals surface area contributed by atoms with Crippen LogP contribution in [0.15, 0.2) is 6.07 Å². The first-order valence-electron chi connectivity index (χ1n) is 5.83. The van der Waals surface area contributed by atoms with Crippen molar-refractivity contribution in [2.45, 2.75) is 5.92 Å². The Kier molecular flexibility index (Phi) is 5.02. The zero-order valence-electron chi connectivity index (χ0n) is 12.0. The summed E-state index contributed by atoms with van der Waals surface area (Å²) in [5.74, 6) is -5.91. The number of methoxy groups -OCH3 is 2. The van der Waals surface area contributed by atoms with Crippen molar-refractivity contribution in [3.8, 4) is 11.5 Å². The summed E-state index contributed by atoms with van der Waals surface area (Å²) in [6, 6.07) is 0.736. The van der Waals surface area contributed by atoms with E-state index in [0.717, 1.165) is 20.3 Å². The van der Waals surface area contributed by atoms with Crippen LogP contribution in [0.1, 0.15) is 11.5 Å². The molecule has 0 spiro atoms. The van der Waals surface area contributed by atoms with Crippen LogP contribution < -0.4 is 20.9 Å². The van der Waals surface area contributed by atoms with Gasteiger partial charge in [-0.1, -0.05) is 0 Å². The molecule has 124 valence electrons. The Morgan fingerprint density at radius 1 is 1.09 bits per heavy atom. The minimum Gasteiger partial charge on any atom is -0.490 e. The van der Waals surface area contributed by atoms with E-state index in [0.29, 0.717) is 0 Å². The van der Waals surface area contributed by atoms with Gasteiger partial charge in [-0.05, 0) is 0 Å². The van der Waals surface area contributed by atoms with Crippen molar-refractivity contribution in [3.05, 3.63) is 31.9 Å². The fourth-order valence-electron chi connectivity index (χ4n) is 2.02. The second-order valence-corrected chi connectivity index (χ2v) is 4.15. The standard InChI is InChI=1S/C11H12N4O8/c1-22-5-3-4(14(18)19)9(23-2)6(8(5)15(20)21)7(10(12)16)11(13)17/h3,7H,1-2H3,(H2,12,16)(H2,13,17). The minimum atomic E-state index is -2.01. The number of hydrogen-bond acceptors (Lipinski definition) is 8. The number of benzene rings is 1. The summed E-state index contributed by atoms with van der Waals surface area (Å²) in [4.78, 5) is 43.5. The Morgan fingerprint density at radius 2 is 1.61 bits per heavy atom. The molecule has 0 radical (unpaired) electrons. The quantitative estimate of drug-likeness (QED) is 0.382. The van der Waals surface area contributed by atoms with Gasteiger partial charge in [0.1, 0.15) is 5.56 Å². The third-order valence-corrected chi connectivity index (χ3v) is 2.89. The van der Waals surface area contributed by atoms with Gasteiger partial charge in [0.25, 0.3) is 0 Å². The van der Waals surface area contributed by atoms with E-state index in [1.807, 2.05) is 0 Å². The lowest BCUT2D eigenvalue weighted by Crippen LogP contribution is -2.34. The Hall–Kier alpha value is -3.44. The van der Waals surface area contributed by atoms with Gasteiger partial charge in [-0.2, -0.15) is 0 Å². The number of amides is 2. The fraction of sp³-hybridized carbons (Fsp3) is 0.273. The van der Waals surface area contributed by atoms with Crippen molar-refractivity contribution in [1.29, 1.82) is 0 Å². The molecule has 4 N–H and O–H groups in total. The van der Waals surface area contributed by atoms with Crippen LogP contribution in [0.3, 0.4) is 0 Å². The monoisotopic (exact) mass is 328 g/mol. The van der Waals surface area contributed by atoms with Crippen molar-refractivity contribution in [2.75, 3.05) is 14.2 Å². The molecule has 0 saturated heterocycles. The van der Waals surface area contributed by atoms with Crippen molar-refractivity contribution in [1.82, 2.24) is 0 Å². The molecule has 12 nitrogen and oxygen atoms in total. The number of carbonyl (C=O) groups is 2. The van der Waals surface area contributed by atoms with Crippen molar-refractivity contribution in [3.63, 3.8) is 0 Å². The smallest absolute Gasteiger partial charge is 0.319 e. The van der Waals surface area contributed by atoms with Crippen molar-refractivity contribution in [2.24, 2.45) is 11.5 Å². The molecule has 0 aliphatic rings. The normalized spacial score (nSPS) is 10.2. The minimum absolute atomic E-state index is 0.551. The summed E-state index contributed by atoms with van der Waals surface area (Å²) in [5, 5.41) is 22.4. The summed E-state index contributed by atoms with van der Waals surface area (Å²) >= 11 is 0. The van der Waals surface area contributed by atoms with Gasteiger partial charge in [0.2, 0.25) is 23.3 Å². The SMILES string of the molecule is COc1cc([N+](=O)[O-])c(OC)c(C(C(N)=O)C(N)=O)c1[N+](=O)[O-]. The number of carbonyl (C=O) groups excluding carboxylic acids is 2. The molecule has 0 aliphatic heterocycles. The average Bonchev–Trinajstić information content (AvgIpc) is 2.44. The summed E-state index contributed by atoms with van der Waals surface area (Å²) in [6.45, 7) is 0. The Morgan fingerprint density at radius 3 is 1.91 bits per heavy atom. The highest BCUT2D eigenvalue weighted by Gasteiger charge is 2.41. The lowest BCUT2D eigenvalue weighted by atomic mass is 9.93. The molecule has 12 heteroatoms. The largest absolute Gasteiger partial charge is 0.490 e. The van der Waals surface area contributed by atoms with Gasteiger partial charge in [-0.25, -0.2) is 0 Å². The van der Waals surface area contributed by atoms with Crippen LogP contribution in [0.5, 0.6) is 11.5 Å². The number of primary amides is 2. The lowest BCUT2D eigenvalue weighted by Gasteiger charge is -2.16. The molecule has 1 aromatic carbocycles. The predicted octanol–water partition coefficient (Wildman–Crippen LogP) is -0.426. The topological polar surface area (TPSA) is 191 Å². The van der Waals surface area contributed by atoms with E-state index in [-0.39, 0.29) is 0 Å². The highest BCUT2D eigenvalue weighted by atomic mass is 16.6. The number of ether oxygens (including phenoxy) is 2. The zero-order valence-corrected chi connectivity index (χ0v) is 12.0. The van der Waals surface area contributed by atoms with Crippen LogP contribution >= 0.6 is 0 Å². The lowest BCUT2D eigenvalue weighted by molar-refractivity contribution is -0.391. The molecule has 0 unspecified atom stereocenters. The Balaban J connectivity index is 4.05. The third kappa shape index (κ3) is 3.09. The van der Waals surface area contributed by atoms with Gasteiger partial charge in [0, 0.05) is 0 Å². The van der Waals surface area contributed by atoms with Gasteiger partial charge in [-0.3, -0.25) is 29.8 Å². The van der Waals surface area contributed by atoms with Gasteiger partial charge in [-0.15, -0.1) is 0 Å². The van der Waals surface area contributed by atoms with E-state index in [1.54, 1.807) is 0 Å². The first-order valence-corrected chi connectivity index (χ1v) is 5.83. The highest BCUT2D eigenvalue weighted by molar-refractivity contribution is 6.06. The number of nitrogens with two attached hydrogens (primary N) is 2. The number of rotatable bonds is 7. The van der Waals surface area contributed by atoms with Crippen molar-refractivity contribution < 1.29 is 28.9 Å². The van der Waals surface area contributed by atoms with E-state index in [2.05, 4.69) is 0 Å². The molecule has 0 aliphatic carbocycles. The number of hydrogen-bond donors (Lipinski definition) is 2. The molecule has 0 aromatic heterocycles. The van der Waals surface area contributed by atoms with Crippen LogP contribution in [0.4, 0.5) is 11.4 Å². The summed E-state index contributed by atoms with van der Waals surface area (Å²) in [6.07, 6.45) is 0. The molecular weight excluding hydrogens is 316 g/mol. The van der Waals surface area contributed by atoms with Gasteiger partial charge in [0.05, 0.1) is 30.1 Å². The van der Waals surface area contributed by atoms with Crippen LogP contribution in [0.2, 0.25) is 0 Å². The molecule has 0 saturated carbocycles. The van der Waals surface area contributed by atoms with Crippen LogP contribution in [0.25, 0.3) is 0 Å². The predicted molar refractivity (Wildman–Crippen MR) is 74.0 cm³/mol. The van der Waals surface area contributed by atoms with E-state index in [9.17, 15) is 29.8 Å². The van der Waals surface area contributed by atoms with Gasteiger partial charge >= 0.3 is 11.4 Å². The molecule has 0 heterocycles. The maximum absolute atomic E-state index is 11.5. The molecule has 0 fully saturated rings. The summed E-state index contributed by atoms with van der Waals surface area (Å²) in [7, 11) is 1.99. The Bertz CT molecular complexity index is 688. The van der Waals surface area contributed by atoms with Gasteiger partial charge in [0.15, 0.2) is 5.92 Å². The van der Waals surface area contributed by atoms with Gasteiger partial charge < -0.3 is 20.9 Å². The number of nitro benzene ring substituents is 2. The molecular formula is C11H12N4O8. The second-order valence-electron chi connectivity index (χ2n) is 4.15. The number of nitrogens with zero attached hydrogens (tertiary/aromatic N) is 2. The molecule has 0 bridgehead atoms. The third-order valence-electron chi connectivity index (χ3n) is 2.89. The maximum Gasteiger partial charge on any atom is 0.319 e. The molecule has 1 rings (SSSR count). The molecule has 0 atom stereocenters. The highest BCUT2D eigenvalue weighted by Crippen LogP contribution is 2.47. The van der Waals surface area contributed by atoms with E-state index in [4.69, 9.17) is 20.9 Å². The first-order chi connectivity index (χ1) is 10.7. The number of nitro groups is 2. The first kappa shape index (κ1) is 17.6. The molecule has 1 aromatic rings. The fourth-order valence-corrected chi connectivity index (χ4v) is 2.02. The summed E-state index contributed by atoms with van der Waals surface area (Å²) < 4.78 is 9.53. The average molecular weight is 328 g/mol. The second kappa shape index (κ2) is 6.55. The van der Waals surface area contributed by atoms with Crippen LogP contribution in [-0.2, 0) is 9.59 Å².